The van der Waals surface area contributed by atoms with Crippen LogP contribution in [0.4, 0.5) is 5.69 Å². The maximum atomic E-state index is 10.9. The minimum Gasteiger partial charge on any atom is -0.398 e. The molecule has 1 aromatic carbocycles. The van der Waals surface area contributed by atoms with Gasteiger partial charge in [-0.3, -0.25) is 10.2 Å². The van der Waals surface area contributed by atoms with E-state index in [1.165, 1.54) is 11.8 Å². The van der Waals surface area contributed by atoms with Crippen LogP contribution in [0.15, 0.2) is 23.1 Å². The van der Waals surface area contributed by atoms with E-state index in [0.717, 1.165) is 16.1 Å². The highest BCUT2D eigenvalue weighted by Gasteiger charge is 2.04. The molecule has 0 aliphatic carbocycles. The van der Waals surface area contributed by atoms with Crippen LogP contribution >= 0.6 is 11.8 Å². The number of rotatable bonds is 3. The number of thioether (sulfide) groups is 1. The summed E-state index contributed by atoms with van der Waals surface area (Å²) < 4.78 is 0. The van der Waals surface area contributed by atoms with Crippen LogP contribution in [0.25, 0.3) is 0 Å². The van der Waals surface area contributed by atoms with Gasteiger partial charge in [0.25, 0.3) is 0 Å². The molecule has 0 aromatic heterocycles. The van der Waals surface area contributed by atoms with Gasteiger partial charge in [0.15, 0.2) is 0 Å². The number of hydrogen-bond donors (Lipinski definition) is 3. The van der Waals surface area contributed by atoms with Gasteiger partial charge in [0.2, 0.25) is 5.91 Å². The molecule has 0 heterocycles. The van der Waals surface area contributed by atoms with Gasteiger partial charge in [-0.1, -0.05) is 6.07 Å². The van der Waals surface area contributed by atoms with Gasteiger partial charge in [-0.25, -0.2) is 5.84 Å². The Balaban J connectivity index is 2.68. The second kappa shape index (κ2) is 4.88. The fourth-order valence-electron chi connectivity index (χ4n) is 0.973. The minimum atomic E-state index is -0.197. The first-order valence-electron chi connectivity index (χ1n) is 4.12. The number of hydrazine groups is 1. The van der Waals surface area contributed by atoms with Crippen LogP contribution in [0.3, 0.4) is 0 Å². The van der Waals surface area contributed by atoms with Crippen molar-refractivity contribution < 1.29 is 4.79 Å². The lowest BCUT2D eigenvalue weighted by atomic mass is 10.2. The van der Waals surface area contributed by atoms with Gasteiger partial charge in [0.1, 0.15) is 0 Å². The summed E-state index contributed by atoms with van der Waals surface area (Å²) in [5.74, 6) is 5.08. The summed E-state index contributed by atoms with van der Waals surface area (Å²) in [5, 5.41) is 0. The highest BCUT2D eigenvalue weighted by atomic mass is 32.2. The first-order chi connectivity index (χ1) is 6.65. The molecular formula is C9H13N3OS. The van der Waals surface area contributed by atoms with E-state index in [2.05, 4.69) is 5.43 Å². The number of nitrogens with two attached hydrogens (primary N) is 2. The lowest BCUT2D eigenvalue weighted by molar-refractivity contribution is -0.118. The zero-order chi connectivity index (χ0) is 10.6. The summed E-state index contributed by atoms with van der Waals surface area (Å²) in [7, 11) is 0. The van der Waals surface area contributed by atoms with Crippen LogP contribution in [-0.4, -0.2) is 11.7 Å². The third kappa shape index (κ3) is 2.65. The summed E-state index contributed by atoms with van der Waals surface area (Å²) in [6, 6.07) is 5.63. The van der Waals surface area contributed by atoms with Crippen molar-refractivity contribution >= 4 is 23.4 Å². The molecule has 0 unspecified atom stereocenters. The van der Waals surface area contributed by atoms with E-state index in [0.29, 0.717) is 5.75 Å². The molecule has 0 fully saturated rings. The van der Waals surface area contributed by atoms with Crippen LogP contribution in [-0.2, 0) is 4.79 Å². The first-order valence-corrected chi connectivity index (χ1v) is 5.11. The molecule has 1 aromatic rings. The number of carbonyl (C=O) groups excluding carboxylic acids is 1. The van der Waals surface area contributed by atoms with E-state index in [1.54, 1.807) is 0 Å². The Morgan fingerprint density at radius 2 is 2.29 bits per heavy atom. The van der Waals surface area contributed by atoms with Crippen LogP contribution < -0.4 is 17.0 Å². The monoisotopic (exact) mass is 211 g/mol. The van der Waals surface area contributed by atoms with Crippen LogP contribution in [0, 0.1) is 6.92 Å². The van der Waals surface area contributed by atoms with E-state index in [9.17, 15) is 4.79 Å². The van der Waals surface area contributed by atoms with Gasteiger partial charge >= 0.3 is 0 Å². The smallest absolute Gasteiger partial charge is 0.244 e. The van der Waals surface area contributed by atoms with E-state index >= 15 is 0 Å². The maximum absolute atomic E-state index is 10.9. The second-order valence-electron chi connectivity index (χ2n) is 2.83. The Labute approximate surface area is 87.0 Å². The molecule has 0 saturated heterocycles. The number of benzene rings is 1. The lowest BCUT2D eigenvalue weighted by Gasteiger charge is -2.06. The van der Waals surface area contributed by atoms with Crippen molar-refractivity contribution in [3.63, 3.8) is 0 Å². The van der Waals surface area contributed by atoms with Gasteiger partial charge in [-0.2, -0.15) is 0 Å². The summed E-state index contributed by atoms with van der Waals surface area (Å²) in [6.45, 7) is 1.93. The SMILES string of the molecule is Cc1c(N)cccc1SCC(=O)NN. The number of nitrogen functional groups attached to an aromatic ring is 1. The Hall–Kier alpha value is -1.20. The zero-order valence-electron chi connectivity index (χ0n) is 7.91. The lowest BCUT2D eigenvalue weighted by Crippen LogP contribution is -2.31. The highest BCUT2D eigenvalue weighted by molar-refractivity contribution is 8.00. The standard InChI is InChI=1S/C9H13N3OS/c1-6-7(10)3-2-4-8(6)14-5-9(13)12-11/h2-4H,5,10-11H2,1H3,(H,12,13). The maximum Gasteiger partial charge on any atom is 0.244 e. The predicted octanol–water partition coefficient (Wildman–Crippen LogP) is 0.659. The molecule has 5 N–H and O–H groups in total. The summed E-state index contributed by atoms with van der Waals surface area (Å²) in [6.07, 6.45) is 0. The molecule has 5 heteroatoms. The van der Waals surface area contributed by atoms with Gasteiger partial charge < -0.3 is 5.73 Å². The van der Waals surface area contributed by atoms with Gasteiger partial charge in [-0.05, 0) is 24.6 Å². The van der Waals surface area contributed by atoms with Crippen molar-refractivity contribution in [1.82, 2.24) is 5.43 Å². The van der Waals surface area contributed by atoms with Crippen molar-refractivity contribution in [2.24, 2.45) is 5.84 Å². The topological polar surface area (TPSA) is 81.1 Å². The quantitative estimate of drug-likeness (QED) is 0.225. The molecular weight excluding hydrogens is 198 g/mol. The van der Waals surface area contributed by atoms with Crippen molar-refractivity contribution in [3.05, 3.63) is 23.8 Å². The molecule has 0 atom stereocenters. The van der Waals surface area contributed by atoms with Crippen LogP contribution in [0.5, 0.6) is 0 Å². The van der Waals surface area contributed by atoms with Crippen molar-refractivity contribution in [1.29, 1.82) is 0 Å². The molecule has 76 valence electrons. The molecule has 1 rings (SSSR count). The van der Waals surface area contributed by atoms with Crippen molar-refractivity contribution in [2.45, 2.75) is 11.8 Å². The number of amides is 1. The molecule has 0 aliphatic rings. The number of hydrogen-bond acceptors (Lipinski definition) is 4. The van der Waals surface area contributed by atoms with Crippen LogP contribution in [0.1, 0.15) is 5.56 Å². The largest absolute Gasteiger partial charge is 0.398 e. The van der Waals surface area contributed by atoms with Gasteiger partial charge in [-0.15, -0.1) is 11.8 Å². The molecule has 0 aliphatic heterocycles. The fraction of sp³-hybridized carbons (Fsp3) is 0.222. The fourth-order valence-corrected chi connectivity index (χ4v) is 1.85. The Morgan fingerprint density at radius 3 is 2.93 bits per heavy atom. The second-order valence-corrected chi connectivity index (χ2v) is 3.84. The Kier molecular flexibility index (Phi) is 3.79. The van der Waals surface area contributed by atoms with E-state index in [1.807, 2.05) is 25.1 Å². The normalized spacial score (nSPS) is 9.86. The van der Waals surface area contributed by atoms with E-state index in [-0.39, 0.29) is 5.91 Å². The van der Waals surface area contributed by atoms with E-state index in [4.69, 9.17) is 11.6 Å². The minimum absolute atomic E-state index is 0.197. The number of nitrogens with one attached hydrogen (secondary N) is 1. The predicted molar refractivity (Wildman–Crippen MR) is 58.6 cm³/mol. The molecule has 0 saturated carbocycles. The Bertz CT molecular complexity index is 341. The van der Waals surface area contributed by atoms with Crippen molar-refractivity contribution in [2.75, 3.05) is 11.5 Å². The molecule has 4 nitrogen and oxygen atoms in total. The highest BCUT2D eigenvalue weighted by Crippen LogP contribution is 2.25. The third-order valence-electron chi connectivity index (χ3n) is 1.85. The van der Waals surface area contributed by atoms with E-state index < -0.39 is 0 Å². The summed E-state index contributed by atoms with van der Waals surface area (Å²) in [5.41, 5.74) is 9.54. The molecule has 0 spiro atoms. The Morgan fingerprint density at radius 1 is 1.57 bits per heavy atom. The zero-order valence-corrected chi connectivity index (χ0v) is 8.73. The molecule has 0 bridgehead atoms. The number of anilines is 1. The third-order valence-corrected chi connectivity index (χ3v) is 3.01. The number of carbonyl (C=O) groups is 1. The summed E-state index contributed by atoms with van der Waals surface area (Å²) in [4.78, 5) is 11.9. The summed E-state index contributed by atoms with van der Waals surface area (Å²) >= 11 is 1.42. The van der Waals surface area contributed by atoms with Gasteiger partial charge in [0, 0.05) is 10.6 Å². The first kappa shape index (κ1) is 10.9. The average molecular weight is 211 g/mol. The average Bonchev–Trinajstić information content (AvgIpc) is 2.20. The molecule has 0 radical (unpaired) electrons. The van der Waals surface area contributed by atoms with Crippen molar-refractivity contribution in [3.8, 4) is 0 Å². The molecule has 1 amide bonds. The molecule has 14 heavy (non-hydrogen) atoms. The van der Waals surface area contributed by atoms with Gasteiger partial charge in [0.05, 0.1) is 5.75 Å². The van der Waals surface area contributed by atoms with Crippen LogP contribution in [0.2, 0.25) is 0 Å².